The van der Waals surface area contributed by atoms with Gasteiger partial charge in [-0.25, -0.2) is 0 Å². The van der Waals surface area contributed by atoms with E-state index in [1.54, 1.807) is 7.11 Å². The Morgan fingerprint density at radius 2 is 1.95 bits per heavy atom. The molecule has 0 saturated carbocycles. The van der Waals surface area contributed by atoms with Crippen molar-refractivity contribution in [2.45, 2.75) is 0 Å². The molecule has 5 heteroatoms. The molecular formula is C15H14N4O. The van der Waals surface area contributed by atoms with Gasteiger partial charge in [0.25, 0.3) is 0 Å². The van der Waals surface area contributed by atoms with Gasteiger partial charge in [-0.05, 0) is 29.7 Å². The summed E-state index contributed by atoms with van der Waals surface area (Å²) in [6.45, 7) is 0. The molecule has 0 atom stereocenters. The molecule has 5 nitrogen and oxygen atoms in total. The largest absolute Gasteiger partial charge is 0.497 e. The highest BCUT2D eigenvalue weighted by molar-refractivity contribution is 6.08. The maximum absolute atomic E-state index is 5.72. The second-order valence-corrected chi connectivity index (χ2v) is 4.46. The second-order valence-electron chi connectivity index (χ2n) is 4.46. The Bertz CT molecular complexity index is 827. The SMILES string of the molecule is COc1ccc2c(cnc3cc(/C(N)=N/N)ccc32)c1. The number of amidine groups is 1. The molecule has 0 fully saturated rings. The summed E-state index contributed by atoms with van der Waals surface area (Å²) in [5.41, 5.74) is 7.33. The fraction of sp³-hybridized carbons (Fsp3) is 0.0667. The number of rotatable bonds is 2. The molecule has 0 spiro atoms. The lowest BCUT2D eigenvalue weighted by Gasteiger charge is -2.07. The van der Waals surface area contributed by atoms with Crippen LogP contribution in [0, 0.1) is 0 Å². The molecule has 0 aliphatic heterocycles. The average Bonchev–Trinajstić information content (AvgIpc) is 2.52. The lowest BCUT2D eigenvalue weighted by molar-refractivity contribution is 0.415. The van der Waals surface area contributed by atoms with Crippen LogP contribution in [0.15, 0.2) is 47.7 Å². The summed E-state index contributed by atoms with van der Waals surface area (Å²) in [6.07, 6.45) is 1.82. The van der Waals surface area contributed by atoms with Crippen LogP contribution in [0.25, 0.3) is 21.7 Å². The van der Waals surface area contributed by atoms with Crippen LogP contribution in [0.1, 0.15) is 5.56 Å². The monoisotopic (exact) mass is 266 g/mol. The van der Waals surface area contributed by atoms with Crippen molar-refractivity contribution in [3.05, 3.63) is 48.2 Å². The number of fused-ring (bicyclic) bond motifs is 3. The lowest BCUT2D eigenvalue weighted by atomic mass is 10.0. The van der Waals surface area contributed by atoms with Crippen molar-refractivity contribution in [1.82, 2.24) is 4.98 Å². The van der Waals surface area contributed by atoms with Gasteiger partial charge in [0.1, 0.15) is 11.6 Å². The zero-order valence-corrected chi connectivity index (χ0v) is 11.0. The predicted octanol–water partition coefficient (Wildman–Crippen LogP) is 1.98. The van der Waals surface area contributed by atoms with Gasteiger partial charge in [-0.2, -0.15) is 5.10 Å². The summed E-state index contributed by atoms with van der Waals surface area (Å²) in [5.74, 6) is 6.31. The van der Waals surface area contributed by atoms with E-state index in [0.717, 1.165) is 33.0 Å². The highest BCUT2D eigenvalue weighted by Gasteiger charge is 2.06. The average molecular weight is 266 g/mol. The minimum Gasteiger partial charge on any atom is -0.497 e. The fourth-order valence-corrected chi connectivity index (χ4v) is 2.26. The van der Waals surface area contributed by atoms with Gasteiger partial charge in [-0.3, -0.25) is 4.98 Å². The van der Waals surface area contributed by atoms with E-state index in [1.165, 1.54) is 0 Å². The van der Waals surface area contributed by atoms with E-state index in [4.69, 9.17) is 16.3 Å². The smallest absolute Gasteiger partial charge is 0.150 e. The van der Waals surface area contributed by atoms with Crippen LogP contribution in [0.3, 0.4) is 0 Å². The van der Waals surface area contributed by atoms with Gasteiger partial charge in [0.05, 0.1) is 12.6 Å². The molecule has 0 aliphatic rings. The van der Waals surface area contributed by atoms with E-state index < -0.39 is 0 Å². The number of nitrogens with zero attached hydrogens (tertiary/aromatic N) is 2. The van der Waals surface area contributed by atoms with E-state index in [-0.39, 0.29) is 0 Å². The molecule has 3 aromatic rings. The Balaban J connectivity index is 2.27. The fourth-order valence-electron chi connectivity index (χ4n) is 2.26. The van der Waals surface area contributed by atoms with Crippen molar-refractivity contribution in [2.24, 2.45) is 16.7 Å². The Morgan fingerprint density at radius 3 is 2.70 bits per heavy atom. The topological polar surface area (TPSA) is 86.5 Å². The second kappa shape index (κ2) is 4.70. The van der Waals surface area contributed by atoms with E-state index in [0.29, 0.717) is 5.84 Å². The van der Waals surface area contributed by atoms with Crippen LogP contribution in [0.4, 0.5) is 0 Å². The molecule has 0 bridgehead atoms. The third-order valence-electron chi connectivity index (χ3n) is 3.32. The summed E-state index contributed by atoms with van der Waals surface area (Å²) in [4.78, 5) is 4.46. The molecule has 1 heterocycles. The van der Waals surface area contributed by atoms with Crippen molar-refractivity contribution < 1.29 is 4.74 Å². The first-order chi connectivity index (χ1) is 9.72. The van der Waals surface area contributed by atoms with Gasteiger partial charge in [0.2, 0.25) is 0 Å². The summed E-state index contributed by atoms with van der Waals surface area (Å²) >= 11 is 0. The van der Waals surface area contributed by atoms with Gasteiger partial charge in [0, 0.05) is 22.5 Å². The molecule has 100 valence electrons. The first-order valence-electron chi connectivity index (χ1n) is 6.13. The van der Waals surface area contributed by atoms with Crippen molar-refractivity contribution in [1.29, 1.82) is 0 Å². The van der Waals surface area contributed by atoms with Crippen molar-refractivity contribution in [3.63, 3.8) is 0 Å². The summed E-state index contributed by atoms with van der Waals surface area (Å²) < 4.78 is 5.23. The number of hydrogen-bond acceptors (Lipinski definition) is 4. The van der Waals surface area contributed by atoms with Crippen LogP contribution < -0.4 is 16.3 Å². The maximum Gasteiger partial charge on any atom is 0.150 e. The lowest BCUT2D eigenvalue weighted by Crippen LogP contribution is -2.15. The third kappa shape index (κ3) is 1.89. The molecule has 0 unspecified atom stereocenters. The molecule has 3 rings (SSSR count). The zero-order valence-electron chi connectivity index (χ0n) is 11.0. The highest BCUT2D eigenvalue weighted by Crippen LogP contribution is 2.27. The molecule has 0 saturated heterocycles. The first kappa shape index (κ1) is 12.2. The molecular weight excluding hydrogens is 252 g/mol. The van der Waals surface area contributed by atoms with E-state index in [2.05, 4.69) is 10.1 Å². The van der Waals surface area contributed by atoms with Gasteiger partial charge >= 0.3 is 0 Å². The predicted molar refractivity (Wildman–Crippen MR) is 80.7 cm³/mol. The van der Waals surface area contributed by atoms with Crippen LogP contribution in [0.2, 0.25) is 0 Å². The van der Waals surface area contributed by atoms with E-state index in [1.807, 2.05) is 42.6 Å². The Hall–Kier alpha value is -2.82. The van der Waals surface area contributed by atoms with Gasteiger partial charge in [-0.1, -0.05) is 12.1 Å². The van der Waals surface area contributed by atoms with Crippen LogP contribution in [0.5, 0.6) is 5.75 Å². The zero-order chi connectivity index (χ0) is 14.1. The number of ether oxygens (including phenoxy) is 1. The molecule has 4 N–H and O–H groups in total. The van der Waals surface area contributed by atoms with Crippen molar-refractivity contribution in [2.75, 3.05) is 7.11 Å². The van der Waals surface area contributed by atoms with Crippen LogP contribution in [-0.4, -0.2) is 17.9 Å². The Labute approximate surface area is 115 Å². The molecule has 2 aromatic carbocycles. The maximum atomic E-state index is 5.72. The summed E-state index contributed by atoms with van der Waals surface area (Å²) in [5, 5.41) is 6.70. The number of pyridine rings is 1. The van der Waals surface area contributed by atoms with E-state index in [9.17, 15) is 0 Å². The van der Waals surface area contributed by atoms with Crippen LogP contribution in [-0.2, 0) is 0 Å². The first-order valence-corrected chi connectivity index (χ1v) is 6.13. The van der Waals surface area contributed by atoms with Crippen LogP contribution >= 0.6 is 0 Å². The quantitative estimate of drug-likeness (QED) is 0.244. The minimum atomic E-state index is 0.295. The Kier molecular flexibility index (Phi) is 2.87. The molecule has 1 aromatic heterocycles. The minimum absolute atomic E-state index is 0.295. The standard InChI is InChI=1S/C15H14N4O/c1-20-11-3-5-12-10(6-11)8-18-14-7-9(15(16)19-17)2-4-13(12)14/h2-8H,17H2,1H3,(H2,16,19). The molecule has 0 aliphatic carbocycles. The molecule has 20 heavy (non-hydrogen) atoms. The Morgan fingerprint density at radius 1 is 1.15 bits per heavy atom. The number of methoxy groups -OCH3 is 1. The normalized spacial score (nSPS) is 11.9. The van der Waals surface area contributed by atoms with E-state index >= 15 is 0 Å². The number of hydrogen-bond donors (Lipinski definition) is 2. The van der Waals surface area contributed by atoms with Crippen molar-refractivity contribution >= 4 is 27.5 Å². The van der Waals surface area contributed by atoms with Gasteiger partial charge in [0.15, 0.2) is 0 Å². The molecule has 0 amide bonds. The molecule has 0 radical (unpaired) electrons. The number of benzene rings is 2. The summed E-state index contributed by atoms with van der Waals surface area (Å²) in [7, 11) is 1.65. The number of hydrazone groups is 1. The third-order valence-corrected chi connectivity index (χ3v) is 3.32. The number of aromatic nitrogens is 1. The van der Waals surface area contributed by atoms with Gasteiger partial charge < -0.3 is 16.3 Å². The van der Waals surface area contributed by atoms with Crippen molar-refractivity contribution in [3.8, 4) is 5.75 Å². The van der Waals surface area contributed by atoms with Gasteiger partial charge in [-0.15, -0.1) is 0 Å². The highest BCUT2D eigenvalue weighted by atomic mass is 16.5. The number of nitrogens with two attached hydrogens (primary N) is 2. The summed E-state index contributed by atoms with van der Waals surface area (Å²) in [6, 6.07) is 11.7.